The molecule has 1 aliphatic rings. The lowest BCUT2D eigenvalue weighted by Gasteiger charge is -2.29. The molecule has 1 aromatic carbocycles. The molecule has 2 aromatic rings. The summed E-state index contributed by atoms with van der Waals surface area (Å²) < 4.78 is 5.06. The van der Waals surface area contributed by atoms with Crippen molar-refractivity contribution >= 4 is 17.3 Å². The summed E-state index contributed by atoms with van der Waals surface area (Å²) in [6.07, 6.45) is 3.63. The SMILES string of the molecule is Cc1noc(CNc2ccc(N3CCCCC3)cc2C(N)=O)n1. The number of anilines is 2. The van der Waals surface area contributed by atoms with Gasteiger partial charge >= 0.3 is 0 Å². The minimum Gasteiger partial charge on any atom is -0.375 e. The van der Waals surface area contributed by atoms with Crippen LogP contribution in [0.5, 0.6) is 0 Å². The van der Waals surface area contributed by atoms with Crippen LogP contribution in [0.1, 0.15) is 41.3 Å². The first-order chi connectivity index (χ1) is 11.1. The summed E-state index contributed by atoms with van der Waals surface area (Å²) >= 11 is 0. The molecule has 1 saturated heterocycles. The Bertz CT molecular complexity index is 692. The Morgan fingerprint density at radius 1 is 1.35 bits per heavy atom. The van der Waals surface area contributed by atoms with Crippen LogP contribution in [0.3, 0.4) is 0 Å². The number of piperidine rings is 1. The van der Waals surface area contributed by atoms with Crippen molar-refractivity contribution in [3.63, 3.8) is 0 Å². The van der Waals surface area contributed by atoms with E-state index in [0.29, 0.717) is 29.5 Å². The Hall–Kier alpha value is -2.57. The third-order valence-electron chi connectivity index (χ3n) is 3.99. The highest BCUT2D eigenvalue weighted by molar-refractivity contribution is 5.99. The molecular weight excluding hydrogens is 294 g/mol. The normalized spacial score (nSPS) is 14.7. The molecule has 0 atom stereocenters. The van der Waals surface area contributed by atoms with Crippen LogP contribution in [-0.2, 0) is 6.54 Å². The Morgan fingerprint density at radius 3 is 2.78 bits per heavy atom. The van der Waals surface area contributed by atoms with Crippen LogP contribution in [0.2, 0.25) is 0 Å². The summed E-state index contributed by atoms with van der Waals surface area (Å²) in [4.78, 5) is 18.2. The van der Waals surface area contributed by atoms with Crippen molar-refractivity contribution in [1.29, 1.82) is 0 Å². The highest BCUT2D eigenvalue weighted by Gasteiger charge is 2.15. The van der Waals surface area contributed by atoms with E-state index in [2.05, 4.69) is 20.4 Å². The van der Waals surface area contributed by atoms with E-state index in [-0.39, 0.29) is 0 Å². The van der Waals surface area contributed by atoms with Gasteiger partial charge in [-0.05, 0) is 44.4 Å². The largest absolute Gasteiger partial charge is 0.375 e. The van der Waals surface area contributed by atoms with E-state index in [1.54, 1.807) is 6.92 Å². The number of nitrogens with one attached hydrogen (secondary N) is 1. The fourth-order valence-corrected chi connectivity index (χ4v) is 2.82. The second-order valence-electron chi connectivity index (χ2n) is 5.73. The minimum absolute atomic E-state index is 0.351. The van der Waals surface area contributed by atoms with E-state index in [1.165, 1.54) is 19.3 Å². The molecule has 0 radical (unpaired) electrons. The van der Waals surface area contributed by atoms with Gasteiger partial charge in [-0.25, -0.2) is 0 Å². The monoisotopic (exact) mass is 315 g/mol. The average Bonchev–Trinajstić information content (AvgIpc) is 2.99. The first-order valence-electron chi connectivity index (χ1n) is 7.85. The van der Waals surface area contributed by atoms with E-state index in [4.69, 9.17) is 10.3 Å². The Balaban J connectivity index is 1.77. The molecule has 1 amide bonds. The van der Waals surface area contributed by atoms with Crippen molar-refractivity contribution in [2.45, 2.75) is 32.7 Å². The highest BCUT2D eigenvalue weighted by Crippen LogP contribution is 2.26. The molecule has 7 nitrogen and oxygen atoms in total. The van der Waals surface area contributed by atoms with Crippen molar-refractivity contribution in [3.8, 4) is 0 Å². The molecule has 1 aromatic heterocycles. The molecule has 0 bridgehead atoms. The predicted octanol–water partition coefficient (Wildman–Crippen LogP) is 2.08. The van der Waals surface area contributed by atoms with Crippen LogP contribution >= 0.6 is 0 Å². The van der Waals surface area contributed by atoms with Crippen molar-refractivity contribution in [2.24, 2.45) is 5.73 Å². The van der Waals surface area contributed by atoms with Crippen molar-refractivity contribution in [1.82, 2.24) is 10.1 Å². The van der Waals surface area contributed by atoms with Crippen LogP contribution in [0.15, 0.2) is 22.7 Å². The molecule has 7 heteroatoms. The lowest BCUT2D eigenvalue weighted by atomic mass is 10.1. The first kappa shape index (κ1) is 15.3. The van der Waals surface area contributed by atoms with E-state index in [1.807, 2.05) is 18.2 Å². The van der Waals surface area contributed by atoms with Gasteiger partial charge in [-0.3, -0.25) is 4.79 Å². The number of primary amides is 1. The van der Waals surface area contributed by atoms with Gasteiger partial charge in [0.05, 0.1) is 12.1 Å². The Kier molecular flexibility index (Phi) is 4.45. The van der Waals surface area contributed by atoms with Crippen molar-refractivity contribution < 1.29 is 9.32 Å². The number of aryl methyl sites for hydroxylation is 1. The number of nitrogens with two attached hydrogens (primary N) is 1. The van der Waals surface area contributed by atoms with Gasteiger partial charge in [0, 0.05) is 24.5 Å². The number of aromatic nitrogens is 2. The van der Waals surface area contributed by atoms with Crippen molar-refractivity contribution in [2.75, 3.05) is 23.3 Å². The summed E-state index contributed by atoms with van der Waals surface area (Å²) in [5.41, 5.74) is 7.73. The average molecular weight is 315 g/mol. The van der Waals surface area contributed by atoms with Gasteiger partial charge in [-0.1, -0.05) is 5.16 Å². The number of nitrogens with zero attached hydrogens (tertiary/aromatic N) is 3. The molecule has 3 N–H and O–H groups in total. The second kappa shape index (κ2) is 6.68. The molecule has 0 saturated carbocycles. The molecule has 3 rings (SSSR count). The summed E-state index contributed by atoms with van der Waals surface area (Å²) in [5, 5.41) is 6.88. The quantitative estimate of drug-likeness (QED) is 0.876. The first-order valence-corrected chi connectivity index (χ1v) is 7.85. The van der Waals surface area contributed by atoms with E-state index in [9.17, 15) is 4.79 Å². The standard InChI is InChI=1S/C16H21N5O2/c1-11-19-15(23-20-11)10-18-14-6-5-12(9-13(14)16(17)22)21-7-3-2-4-8-21/h5-6,9,18H,2-4,7-8,10H2,1H3,(H2,17,22). The smallest absolute Gasteiger partial charge is 0.250 e. The zero-order valence-electron chi connectivity index (χ0n) is 13.2. The molecule has 1 fully saturated rings. The van der Waals surface area contributed by atoms with E-state index in [0.717, 1.165) is 18.8 Å². The van der Waals surface area contributed by atoms with E-state index < -0.39 is 5.91 Å². The summed E-state index contributed by atoms with van der Waals surface area (Å²) in [6.45, 7) is 4.15. The number of benzene rings is 1. The third-order valence-corrected chi connectivity index (χ3v) is 3.99. The zero-order chi connectivity index (χ0) is 16.2. The fraction of sp³-hybridized carbons (Fsp3) is 0.438. The molecule has 0 spiro atoms. The van der Waals surface area contributed by atoms with E-state index >= 15 is 0 Å². The third kappa shape index (κ3) is 3.61. The predicted molar refractivity (Wildman–Crippen MR) is 87.4 cm³/mol. The number of amides is 1. The molecule has 122 valence electrons. The molecular formula is C16H21N5O2. The van der Waals surface area contributed by atoms with Gasteiger partial charge in [0.1, 0.15) is 0 Å². The van der Waals surface area contributed by atoms with Crippen LogP contribution < -0.4 is 16.0 Å². The molecule has 1 aliphatic heterocycles. The topological polar surface area (TPSA) is 97.3 Å². The van der Waals surface area contributed by atoms with Crippen LogP contribution in [0, 0.1) is 6.92 Å². The Labute approximate surface area is 134 Å². The van der Waals surface area contributed by atoms with Crippen LogP contribution in [0.25, 0.3) is 0 Å². The van der Waals surface area contributed by atoms with Crippen molar-refractivity contribution in [3.05, 3.63) is 35.5 Å². The number of rotatable bonds is 5. The maximum atomic E-state index is 11.8. The molecule has 23 heavy (non-hydrogen) atoms. The summed E-state index contributed by atoms with van der Waals surface area (Å²) in [6, 6.07) is 5.75. The number of hydrogen-bond acceptors (Lipinski definition) is 6. The lowest BCUT2D eigenvalue weighted by Crippen LogP contribution is -2.29. The zero-order valence-corrected chi connectivity index (χ0v) is 13.2. The second-order valence-corrected chi connectivity index (χ2v) is 5.73. The van der Waals surface area contributed by atoms with Gasteiger partial charge in [0.25, 0.3) is 5.91 Å². The number of carbonyl (C=O) groups is 1. The summed E-state index contributed by atoms with van der Waals surface area (Å²) in [7, 11) is 0. The van der Waals surface area contributed by atoms with Gasteiger partial charge in [0.2, 0.25) is 5.89 Å². The summed E-state index contributed by atoms with van der Waals surface area (Å²) in [5.74, 6) is 0.600. The van der Waals surface area contributed by atoms with Gasteiger partial charge < -0.3 is 20.5 Å². The van der Waals surface area contributed by atoms with Gasteiger partial charge in [0.15, 0.2) is 5.82 Å². The van der Waals surface area contributed by atoms with Gasteiger partial charge in [-0.15, -0.1) is 0 Å². The van der Waals surface area contributed by atoms with Gasteiger partial charge in [-0.2, -0.15) is 4.98 Å². The number of carbonyl (C=O) groups excluding carboxylic acids is 1. The molecule has 0 unspecified atom stereocenters. The number of hydrogen-bond donors (Lipinski definition) is 2. The van der Waals surface area contributed by atoms with Crippen LogP contribution in [-0.4, -0.2) is 29.1 Å². The highest BCUT2D eigenvalue weighted by atomic mass is 16.5. The molecule has 0 aliphatic carbocycles. The maximum absolute atomic E-state index is 11.8. The van der Waals surface area contributed by atoms with Crippen LogP contribution in [0.4, 0.5) is 11.4 Å². The minimum atomic E-state index is -0.451. The Morgan fingerprint density at radius 2 is 2.13 bits per heavy atom. The molecule has 2 heterocycles. The maximum Gasteiger partial charge on any atom is 0.250 e. The lowest BCUT2D eigenvalue weighted by molar-refractivity contribution is 0.100. The fourth-order valence-electron chi connectivity index (χ4n) is 2.82.